The Bertz CT molecular complexity index is 454. The van der Waals surface area contributed by atoms with Crippen molar-refractivity contribution >= 4 is 17.5 Å². The molecule has 1 aromatic carbocycles. The zero-order valence-corrected chi connectivity index (χ0v) is 12.1. The molecule has 0 amide bonds. The SMILES string of the molecule is O=C1c2ccccc2SCCC1CN1CCCCC1. The number of carbonyl (C=O) groups excluding carboxylic acids is 1. The summed E-state index contributed by atoms with van der Waals surface area (Å²) in [6.07, 6.45) is 4.97. The van der Waals surface area contributed by atoms with Crippen LogP contribution in [0.5, 0.6) is 0 Å². The molecule has 0 spiro atoms. The third-order valence-electron chi connectivity index (χ3n) is 4.17. The van der Waals surface area contributed by atoms with Crippen molar-refractivity contribution in [2.45, 2.75) is 30.6 Å². The summed E-state index contributed by atoms with van der Waals surface area (Å²) in [5.41, 5.74) is 0.951. The lowest BCUT2D eigenvalue weighted by molar-refractivity contribution is 0.0863. The number of ketones is 1. The number of piperidine rings is 1. The molecule has 2 aliphatic rings. The first-order valence-corrected chi connectivity index (χ1v) is 8.31. The molecule has 1 aromatic rings. The van der Waals surface area contributed by atoms with Gasteiger partial charge in [0.2, 0.25) is 0 Å². The van der Waals surface area contributed by atoms with Crippen LogP contribution in [-0.4, -0.2) is 36.1 Å². The summed E-state index contributed by atoms with van der Waals surface area (Å²) >= 11 is 1.84. The second kappa shape index (κ2) is 6.10. The van der Waals surface area contributed by atoms with Crippen LogP contribution >= 0.6 is 11.8 Å². The van der Waals surface area contributed by atoms with Crippen LogP contribution in [0.4, 0.5) is 0 Å². The minimum atomic E-state index is 0.203. The van der Waals surface area contributed by atoms with Crippen molar-refractivity contribution in [2.75, 3.05) is 25.4 Å². The molecule has 1 atom stereocenters. The minimum Gasteiger partial charge on any atom is -0.303 e. The first-order chi connectivity index (χ1) is 9.34. The normalized spacial score (nSPS) is 24.8. The highest BCUT2D eigenvalue weighted by Gasteiger charge is 2.27. The smallest absolute Gasteiger partial charge is 0.168 e. The standard InChI is InChI=1S/C16H21NOS/c18-16-13(12-17-9-4-1-5-10-17)8-11-19-15-7-3-2-6-14(15)16/h2-3,6-7,13H,1,4-5,8-12H2. The quantitative estimate of drug-likeness (QED) is 0.824. The molecule has 2 heterocycles. The Morgan fingerprint density at radius 2 is 1.95 bits per heavy atom. The number of carbonyl (C=O) groups is 1. The van der Waals surface area contributed by atoms with E-state index in [1.165, 1.54) is 37.2 Å². The highest BCUT2D eigenvalue weighted by atomic mass is 32.2. The van der Waals surface area contributed by atoms with Gasteiger partial charge in [-0.1, -0.05) is 24.6 Å². The molecule has 1 fully saturated rings. The second-order valence-electron chi connectivity index (χ2n) is 5.56. The van der Waals surface area contributed by atoms with Crippen LogP contribution in [0.1, 0.15) is 36.0 Å². The third kappa shape index (κ3) is 3.03. The van der Waals surface area contributed by atoms with E-state index in [4.69, 9.17) is 0 Å². The number of fused-ring (bicyclic) bond motifs is 1. The summed E-state index contributed by atoms with van der Waals surface area (Å²) in [6.45, 7) is 3.32. The molecule has 19 heavy (non-hydrogen) atoms. The molecule has 0 aromatic heterocycles. The maximum absolute atomic E-state index is 12.7. The fraction of sp³-hybridized carbons (Fsp3) is 0.562. The fourth-order valence-corrected chi connectivity index (χ4v) is 4.21. The van der Waals surface area contributed by atoms with Crippen molar-refractivity contribution in [3.63, 3.8) is 0 Å². The van der Waals surface area contributed by atoms with Gasteiger partial charge in [-0.05, 0) is 44.2 Å². The number of nitrogens with zero attached hydrogens (tertiary/aromatic N) is 1. The van der Waals surface area contributed by atoms with E-state index in [2.05, 4.69) is 11.0 Å². The Morgan fingerprint density at radius 3 is 2.79 bits per heavy atom. The van der Waals surface area contributed by atoms with E-state index in [1.807, 2.05) is 30.0 Å². The number of hydrogen-bond acceptors (Lipinski definition) is 3. The van der Waals surface area contributed by atoms with Crippen LogP contribution < -0.4 is 0 Å². The Balaban J connectivity index is 1.74. The molecule has 0 aliphatic carbocycles. The molecule has 2 nitrogen and oxygen atoms in total. The fourth-order valence-electron chi connectivity index (χ4n) is 3.09. The predicted molar refractivity (Wildman–Crippen MR) is 79.9 cm³/mol. The highest BCUT2D eigenvalue weighted by molar-refractivity contribution is 7.99. The van der Waals surface area contributed by atoms with E-state index in [0.29, 0.717) is 5.78 Å². The molecule has 0 radical (unpaired) electrons. The van der Waals surface area contributed by atoms with Crippen molar-refractivity contribution in [1.82, 2.24) is 4.90 Å². The average Bonchev–Trinajstić information content (AvgIpc) is 2.61. The third-order valence-corrected chi connectivity index (χ3v) is 5.28. The summed E-state index contributed by atoms with van der Waals surface area (Å²) in [4.78, 5) is 16.3. The average molecular weight is 275 g/mol. The van der Waals surface area contributed by atoms with Gasteiger partial charge in [-0.3, -0.25) is 4.79 Å². The van der Waals surface area contributed by atoms with E-state index < -0.39 is 0 Å². The van der Waals surface area contributed by atoms with Gasteiger partial charge in [-0.25, -0.2) is 0 Å². The molecule has 1 saturated heterocycles. The van der Waals surface area contributed by atoms with Gasteiger partial charge < -0.3 is 4.90 Å². The van der Waals surface area contributed by atoms with Crippen molar-refractivity contribution in [3.05, 3.63) is 29.8 Å². The lowest BCUT2D eigenvalue weighted by Crippen LogP contribution is -2.36. The van der Waals surface area contributed by atoms with Crippen LogP contribution in [0, 0.1) is 5.92 Å². The number of Topliss-reactive ketones (excluding diaryl/α,β-unsaturated/α-hetero) is 1. The summed E-state index contributed by atoms with van der Waals surface area (Å²) in [5, 5.41) is 0. The Labute approximate surface area is 119 Å². The summed E-state index contributed by atoms with van der Waals surface area (Å²) < 4.78 is 0. The maximum Gasteiger partial charge on any atom is 0.168 e. The van der Waals surface area contributed by atoms with Gasteiger partial charge in [-0.2, -0.15) is 0 Å². The van der Waals surface area contributed by atoms with Crippen LogP contribution in [0.2, 0.25) is 0 Å². The number of likely N-dealkylation sites (tertiary alicyclic amines) is 1. The van der Waals surface area contributed by atoms with Crippen molar-refractivity contribution in [2.24, 2.45) is 5.92 Å². The monoisotopic (exact) mass is 275 g/mol. The molecular weight excluding hydrogens is 254 g/mol. The zero-order chi connectivity index (χ0) is 13.1. The summed E-state index contributed by atoms with van der Waals surface area (Å²) in [7, 11) is 0. The van der Waals surface area contributed by atoms with Gasteiger partial charge in [0, 0.05) is 22.9 Å². The molecule has 0 saturated carbocycles. The molecule has 3 rings (SSSR count). The second-order valence-corrected chi connectivity index (χ2v) is 6.69. The largest absolute Gasteiger partial charge is 0.303 e. The number of benzene rings is 1. The van der Waals surface area contributed by atoms with Crippen molar-refractivity contribution in [1.29, 1.82) is 0 Å². The number of hydrogen-bond donors (Lipinski definition) is 0. The predicted octanol–water partition coefficient (Wildman–Crippen LogP) is 3.47. The van der Waals surface area contributed by atoms with Gasteiger partial charge in [-0.15, -0.1) is 11.8 Å². The van der Waals surface area contributed by atoms with Crippen molar-refractivity contribution < 1.29 is 4.79 Å². The number of thioether (sulfide) groups is 1. The first kappa shape index (κ1) is 13.2. The number of rotatable bonds is 2. The summed E-state index contributed by atoms with van der Waals surface area (Å²) in [6, 6.07) is 8.10. The highest BCUT2D eigenvalue weighted by Crippen LogP contribution is 2.31. The van der Waals surface area contributed by atoms with Gasteiger partial charge in [0.15, 0.2) is 5.78 Å². The Hall–Kier alpha value is -0.800. The lowest BCUT2D eigenvalue weighted by atomic mass is 9.94. The van der Waals surface area contributed by atoms with E-state index in [1.54, 1.807) is 0 Å². The molecule has 0 bridgehead atoms. The topological polar surface area (TPSA) is 20.3 Å². The molecule has 2 aliphatic heterocycles. The minimum absolute atomic E-state index is 0.203. The molecule has 3 heteroatoms. The van der Waals surface area contributed by atoms with Gasteiger partial charge >= 0.3 is 0 Å². The zero-order valence-electron chi connectivity index (χ0n) is 11.3. The van der Waals surface area contributed by atoms with Crippen LogP contribution in [0.15, 0.2) is 29.2 Å². The van der Waals surface area contributed by atoms with E-state index >= 15 is 0 Å². The van der Waals surface area contributed by atoms with Crippen LogP contribution in [0.25, 0.3) is 0 Å². The van der Waals surface area contributed by atoms with Crippen molar-refractivity contribution in [3.8, 4) is 0 Å². The maximum atomic E-state index is 12.7. The van der Waals surface area contributed by atoms with E-state index in [-0.39, 0.29) is 5.92 Å². The van der Waals surface area contributed by atoms with Gasteiger partial charge in [0.25, 0.3) is 0 Å². The Morgan fingerprint density at radius 1 is 1.16 bits per heavy atom. The van der Waals surface area contributed by atoms with Crippen LogP contribution in [0.3, 0.4) is 0 Å². The van der Waals surface area contributed by atoms with Gasteiger partial charge in [0.1, 0.15) is 0 Å². The molecule has 0 N–H and O–H groups in total. The Kier molecular flexibility index (Phi) is 4.24. The molecule has 1 unspecified atom stereocenters. The van der Waals surface area contributed by atoms with Crippen LogP contribution in [-0.2, 0) is 0 Å². The first-order valence-electron chi connectivity index (χ1n) is 7.33. The molecular formula is C16H21NOS. The lowest BCUT2D eigenvalue weighted by Gasteiger charge is -2.29. The van der Waals surface area contributed by atoms with Gasteiger partial charge in [0.05, 0.1) is 0 Å². The summed E-state index contributed by atoms with van der Waals surface area (Å²) in [5.74, 6) is 1.64. The molecule has 102 valence electrons. The van der Waals surface area contributed by atoms with E-state index in [0.717, 1.165) is 24.3 Å². The van der Waals surface area contributed by atoms with E-state index in [9.17, 15) is 4.79 Å².